The molecule has 0 spiro atoms. The van der Waals surface area contributed by atoms with Crippen LogP contribution in [0.15, 0.2) is 24.3 Å². The molecule has 114 valence electrons. The normalized spacial score (nSPS) is 12.6. The van der Waals surface area contributed by atoms with E-state index in [1.165, 1.54) is 5.56 Å². The lowest BCUT2D eigenvalue weighted by molar-refractivity contribution is 0.289. The van der Waals surface area contributed by atoms with E-state index >= 15 is 0 Å². The van der Waals surface area contributed by atoms with Crippen molar-refractivity contribution in [3.63, 3.8) is 0 Å². The van der Waals surface area contributed by atoms with Gasteiger partial charge in [-0.15, -0.1) is 10.2 Å². The Morgan fingerprint density at radius 3 is 2.57 bits per heavy atom. The summed E-state index contributed by atoms with van der Waals surface area (Å²) < 4.78 is 5.70. The molecule has 2 aromatic rings. The van der Waals surface area contributed by atoms with Gasteiger partial charge in [0.05, 0.1) is 12.6 Å². The van der Waals surface area contributed by atoms with E-state index in [2.05, 4.69) is 51.9 Å². The Morgan fingerprint density at radius 1 is 1.19 bits per heavy atom. The molecule has 0 saturated heterocycles. The topological polar surface area (TPSA) is 75.7 Å². The molecule has 0 aliphatic heterocycles. The van der Waals surface area contributed by atoms with Crippen molar-refractivity contribution in [2.75, 3.05) is 6.61 Å². The zero-order chi connectivity index (χ0) is 15.1. The van der Waals surface area contributed by atoms with Gasteiger partial charge in [-0.2, -0.15) is 5.21 Å². The molecular weight excluding hydrogens is 266 g/mol. The third kappa shape index (κ3) is 5.15. The second-order valence-corrected chi connectivity index (χ2v) is 5.55. The molecule has 0 radical (unpaired) electrons. The van der Waals surface area contributed by atoms with E-state index in [0.717, 1.165) is 25.3 Å². The van der Waals surface area contributed by atoms with E-state index in [9.17, 15) is 0 Å². The van der Waals surface area contributed by atoms with Crippen LogP contribution in [0.1, 0.15) is 44.6 Å². The van der Waals surface area contributed by atoms with Crippen LogP contribution in [0, 0.1) is 5.92 Å². The molecule has 1 heterocycles. The smallest absolute Gasteiger partial charge is 0.191 e. The number of benzene rings is 1. The Bertz CT molecular complexity index is 509. The molecule has 1 aromatic carbocycles. The van der Waals surface area contributed by atoms with Gasteiger partial charge in [-0.25, -0.2) is 0 Å². The van der Waals surface area contributed by atoms with E-state index in [0.29, 0.717) is 11.7 Å². The molecule has 1 atom stereocenters. The molecule has 21 heavy (non-hydrogen) atoms. The number of hydrogen-bond donors (Lipinski definition) is 2. The Labute approximate surface area is 125 Å². The van der Waals surface area contributed by atoms with E-state index in [1.807, 2.05) is 19.1 Å². The van der Waals surface area contributed by atoms with Crippen LogP contribution in [0.4, 0.5) is 0 Å². The lowest BCUT2D eigenvalue weighted by Gasteiger charge is -2.11. The summed E-state index contributed by atoms with van der Waals surface area (Å²) in [5.74, 6) is 2.26. The second kappa shape index (κ2) is 7.73. The van der Waals surface area contributed by atoms with Crippen LogP contribution in [0.25, 0.3) is 0 Å². The Balaban J connectivity index is 1.77. The molecule has 1 unspecified atom stereocenters. The highest BCUT2D eigenvalue weighted by molar-refractivity contribution is 5.27. The second-order valence-electron chi connectivity index (χ2n) is 5.55. The van der Waals surface area contributed by atoms with Gasteiger partial charge in [0.25, 0.3) is 0 Å². The predicted molar refractivity (Wildman–Crippen MR) is 80.8 cm³/mol. The molecule has 2 N–H and O–H groups in total. The fourth-order valence-electron chi connectivity index (χ4n) is 1.83. The minimum atomic E-state index is 0.0609. The fourth-order valence-corrected chi connectivity index (χ4v) is 1.83. The molecule has 0 aliphatic carbocycles. The number of tetrazole rings is 1. The van der Waals surface area contributed by atoms with Crippen molar-refractivity contribution in [2.24, 2.45) is 5.92 Å². The van der Waals surface area contributed by atoms with Crippen LogP contribution in [0.5, 0.6) is 5.75 Å². The fraction of sp³-hybridized carbons (Fsp3) is 0.533. The van der Waals surface area contributed by atoms with E-state index in [1.54, 1.807) is 0 Å². The summed E-state index contributed by atoms with van der Waals surface area (Å²) in [4.78, 5) is 0. The Hall–Kier alpha value is -1.95. The average Bonchev–Trinajstić information content (AvgIpc) is 3.00. The van der Waals surface area contributed by atoms with Gasteiger partial charge in [0.15, 0.2) is 5.82 Å². The largest absolute Gasteiger partial charge is 0.494 e. The number of aromatic nitrogens is 4. The Morgan fingerprint density at radius 2 is 1.95 bits per heavy atom. The highest BCUT2D eigenvalue weighted by Crippen LogP contribution is 2.14. The first-order valence-corrected chi connectivity index (χ1v) is 7.33. The first kappa shape index (κ1) is 15.4. The zero-order valence-electron chi connectivity index (χ0n) is 12.8. The number of nitrogens with zero attached hydrogens (tertiary/aromatic N) is 3. The summed E-state index contributed by atoms with van der Waals surface area (Å²) in [6.45, 7) is 7.92. The van der Waals surface area contributed by atoms with Crippen LogP contribution >= 0.6 is 0 Å². The molecule has 1 aromatic heterocycles. The summed E-state index contributed by atoms with van der Waals surface area (Å²) in [6.07, 6.45) is 1.07. The molecule has 2 rings (SSSR count). The molecule has 0 bridgehead atoms. The van der Waals surface area contributed by atoms with Gasteiger partial charge in [0.1, 0.15) is 5.75 Å². The molecule has 6 nitrogen and oxygen atoms in total. The summed E-state index contributed by atoms with van der Waals surface area (Å²) in [7, 11) is 0. The van der Waals surface area contributed by atoms with Gasteiger partial charge in [0.2, 0.25) is 0 Å². The van der Waals surface area contributed by atoms with Gasteiger partial charge in [-0.05, 0) is 37.0 Å². The van der Waals surface area contributed by atoms with Crippen molar-refractivity contribution in [3.8, 4) is 5.75 Å². The van der Waals surface area contributed by atoms with Crippen molar-refractivity contribution in [3.05, 3.63) is 35.7 Å². The van der Waals surface area contributed by atoms with Crippen LogP contribution < -0.4 is 10.1 Å². The minimum Gasteiger partial charge on any atom is -0.494 e. The highest BCUT2D eigenvalue weighted by Gasteiger charge is 2.09. The maximum atomic E-state index is 5.70. The standard InChI is InChI=1S/C15H23N5O/c1-11(2)8-9-21-14-6-4-13(5-7-14)10-16-12(3)15-17-19-20-18-15/h4-7,11-12,16H,8-10H2,1-3H3,(H,17,18,19,20). The van der Waals surface area contributed by atoms with Crippen LogP contribution in [0.2, 0.25) is 0 Å². The van der Waals surface area contributed by atoms with Crippen molar-refractivity contribution in [1.29, 1.82) is 0 Å². The van der Waals surface area contributed by atoms with Crippen molar-refractivity contribution in [2.45, 2.75) is 39.8 Å². The molecule has 0 fully saturated rings. The maximum Gasteiger partial charge on any atom is 0.191 e. The molecular formula is C15H23N5O. The molecule has 0 aliphatic rings. The third-order valence-electron chi connectivity index (χ3n) is 3.25. The number of aromatic amines is 1. The minimum absolute atomic E-state index is 0.0609. The van der Waals surface area contributed by atoms with Crippen LogP contribution in [-0.4, -0.2) is 27.2 Å². The molecule has 0 amide bonds. The van der Waals surface area contributed by atoms with Gasteiger partial charge in [0, 0.05) is 6.54 Å². The quantitative estimate of drug-likeness (QED) is 0.781. The molecule has 6 heteroatoms. The molecule has 0 saturated carbocycles. The number of nitrogens with one attached hydrogen (secondary N) is 2. The zero-order valence-corrected chi connectivity index (χ0v) is 12.8. The number of rotatable bonds is 8. The van der Waals surface area contributed by atoms with Crippen molar-refractivity contribution in [1.82, 2.24) is 25.9 Å². The van der Waals surface area contributed by atoms with Gasteiger partial charge in [-0.3, -0.25) is 0 Å². The number of hydrogen-bond acceptors (Lipinski definition) is 5. The summed E-state index contributed by atoms with van der Waals surface area (Å²) >= 11 is 0. The summed E-state index contributed by atoms with van der Waals surface area (Å²) in [5.41, 5.74) is 1.20. The SMILES string of the molecule is CC(C)CCOc1ccc(CNC(C)c2nn[nH]n2)cc1. The lowest BCUT2D eigenvalue weighted by atomic mass is 10.1. The lowest BCUT2D eigenvalue weighted by Crippen LogP contribution is -2.19. The van der Waals surface area contributed by atoms with Gasteiger partial charge < -0.3 is 10.1 Å². The number of H-pyrrole nitrogens is 1. The monoisotopic (exact) mass is 289 g/mol. The maximum absolute atomic E-state index is 5.70. The number of ether oxygens (including phenoxy) is 1. The first-order chi connectivity index (χ1) is 10.1. The van der Waals surface area contributed by atoms with Crippen molar-refractivity contribution < 1.29 is 4.74 Å². The highest BCUT2D eigenvalue weighted by atomic mass is 16.5. The van der Waals surface area contributed by atoms with Gasteiger partial charge >= 0.3 is 0 Å². The van der Waals surface area contributed by atoms with Gasteiger partial charge in [-0.1, -0.05) is 31.2 Å². The Kier molecular flexibility index (Phi) is 5.68. The average molecular weight is 289 g/mol. The third-order valence-corrected chi connectivity index (χ3v) is 3.25. The summed E-state index contributed by atoms with van der Waals surface area (Å²) in [5, 5.41) is 17.3. The van der Waals surface area contributed by atoms with E-state index in [-0.39, 0.29) is 6.04 Å². The van der Waals surface area contributed by atoms with E-state index in [4.69, 9.17) is 4.74 Å². The van der Waals surface area contributed by atoms with Crippen LogP contribution in [-0.2, 0) is 6.54 Å². The van der Waals surface area contributed by atoms with Crippen molar-refractivity contribution >= 4 is 0 Å². The predicted octanol–water partition coefficient (Wildman–Crippen LogP) is 2.48. The van der Waals surface area contributed by atoms with Crippen LogP contribution in [0.3, 0.4) is 0 Å². The first-order valence-electron chi connectivity index (χ1n) is 7.33. The van der Waals surface area contributed by atoms with E-state index < -0.39 is 0 Å². The summed E-state index contributed by atoms with van der Waals surface area (Å²) in [6, 6.07) is 8.22.